The van der Waals surface area contributed by atoms with E-state index >= 15 is 0 Å². The molecule has 0 fully saturated rings. The van der Waals surface area contributed by atoms with Gasteiger partial charge in [-0.15, -0.1) is 0 Å². The molecule has 2 rings (SSSR count). The highest BCUT2D eigenvalue weighted by molar-refractivity contribution is 5.34. The summed E-state index contributed by atoms with van der Waals surface area (Å²) in [6.07, 6.45) is 0. The smallest absolute Gasteiger partial charge is 0.0720 e. The number of aryl methyl sites for hydroxylation is 1. The summed E-state index contributed by atoms with van der Waals surface area (Å²) in [5.41, 5.74) is 9.95. The van der Waals surface area contributed by atoms with Gasteiger partial charge in [0.1, 0.15) is 0 Å². The van der Waals surface area contributed by atoms with E-state index in [-0.39, 0.29) is 6.04 Å². The molecule has 2 heteroatoms. The molecule has 76 valence electrons. The van der Waals surface area contributed by atoms with Crippen molar-refractivity contribution in [3.05, 3.63) is 34.9 Å². The Morgan fingerprint density at radius 3 is 3.00 bits per heavy atom. The Balaban J connectivity index is 2.44. The highest BCUT2D eigenvalue weighted by Gasteiger charge is 2.21. The molecule has 0 saturated carbocycles. The summed E-state index contributed by atoms with van der Waals surface area (Å²) in [4.78, 5) is 0. The fourth-order valence-corrected chi connectivity index (χ4v) is 1.92. The molecule has 2 nitrogen and oxygen atoms in total. The van der Waals surface area contributed by atoms with Gasteiger partial charge in [-0.1, -0.05) is 30.7 Å². The van der Waals surface area contributed by atoms with Crippen molar-refractivity contribution >= 4 is 0 Å². The molecular weight excluding hydrogens is 174 g/mol. The third-order valence-corrected chi connectivity index (χ3v) is 2.91. The van der Waals surface area contributed by atoms with Crippen molar-refractivity contribution in [1.82, 2.24) is 0 Å². The van der Waals surface area contributed by atoms with Crippen molar-refractivity contribution in [3.63, 3.8) is 0 Å². The highest BCUT2D eigenvalue weighted by atomic mass is 16.5. The Bertz CT molecular complexity index is 335. The summed E-state index contributed by atoms with van der Waals surface area (Å²) in [7, 11) is 0. The van der Waals surface area contributed by atoms with Crippen LogP contribution in [0.3, 0.4) is 0 Å². The van der Waals surface area contributed by atoms with Crippen LogP contribution in [-0.4, -0.2) is 6.61 Å². The summed E-state index contributed by atoms with van der Waals surface area (Å²) in [5, 5.41) is 0. The lowest BCUT2D eigenvalue weighted by Gasteiger charge is -2.18. The topological polar surface area (TPSA) is 35.2 Å². The molecule has 0 radical (unpaired) electrons. The molecule has 0 spiro atoms. The van der Waals surface area contributed by atoms with Crippen molar-refractivity contribution in [2.24, 2.45) is 11.7 Å². The van der Waals surface area contributed by atoms with Gasteiger partial charge in [-0.2, -0.15) is 0 Å². The first-order valence-electron chi connectivity index (χ1n) is 5.11. The van der Waals surface area contributed by atoms with E-state index in [1.54, 1.807) is 0 Å². The fourth-order valence-electron chi connectivity index (χ4n) is 1.92. The second-order valence-corrected chi connectivity index (χ2v) is 4.22. The van der Waals surface area contributed by atoms with Gasteiger partial charge in [0.15, 0.2) is 0 Å². The maximum absolute atomic E-state index is 6.18. The minimum Gasteiger partial charge on any atom is -0.376 e. The molecular formula is C12H17NO. The fraction of sp³-hybridized carbons (Fsp3) is 0.500. The summed E-state index contributed by atoms with van der Waals surface area (Å²) in [5.74, 6) is 0.401. The van der Waals surface area contributed by atoms with Crippen molar-refractivity contribution in [3.8, 4) is 0 Å². The van der Waals surface area contributed by atoms with Gasteiger partial charge in [-0.25, -0.2) is 0 Å². The predicted molar refractivity (Wildman–Crippen MR) is 56.9 cm³/mol. The van der Waals surface area contributed by atoms with Gasteiger partial charge in [0.2, 0.25) is 0 Å². The Kier molecular flexibility index (Phi) is 2.57. The number of hydrogen-bond acceptors (Lipinski definition) is 2. The summed E-state index contributed by atoms with van der Waals surface area (Å²) in [6, 6.07) is 6.55. The summed E-state index contributed by atoms with van der Waals surface area (Å²) < 4.78 is 5.56. The molecule has 0 bridgehead atoms. The molecule has 1 aliphatic heterocycles. The van der Waals surface area contributed by atoms with E-state index in [1.807, 2.05) is 0 Å². The van der Waals surface area contributed by atoms with Crippen LogP contribution >= 0.6 is 0 Å². The van der Waals surface area contributed by atoms with Crippen LogP contribution in [0.4, 0.5) is 0 Å². The molecule has 1 aromatic carbocycles. The average Bonchev–Trinajstić information content (AvgIpc) is 2.30. The van der Waals surface area contributed by atoms with Gasteiger partial charge in [0, 0.05) is 6.04 Å². The zero-order chi connectivity index (χ0) is 10.1. The van der Waals surface area contributed by atoms with Gasteiger partial charge in [0.25, 0.3) is 0 Å². The zero-order valence-electron chi connectivity index (χ0n) is 8.79. The summed E-state index contributed by atoms with van der Waals surface area (Å²) in [6.45, 7) is 5.70. The van der Waals surface area contributed by atoms with E-state index in [9.17, 15) is 0 Å². The molecule has 0 saturated heterocycles. The molecule has 0 aliphatic carbocycles. The molecule has 2 N–H and O–H groups in total. The van der Waals surface area contributed by atoms with E-state index < -0.39 is 0 Å². The first-order chi connectivity index (χ1) is 6.68. The third-order valence-electron chi connectivity index (χ3n) is 2.91. The SMILES string of the molecule is Cc1ccc2c(c1)[C@@H](N)[C@@H](C)COC2. The Hall–Kier alpha value is -0.860. The van der Waals surface area contributed by atoms with Crippen LogP contribution in [0.25, 0.3) is 0 Å². The van der Waals surface area contributed by atoms with Gasteiger partial charge in [-0.3, -0.25) is 0 Å². The number of nitrogens with two attached hydrogens (primary N) is 1. The predicted octanol–water partition coefficient (Wildman–Crippen LogP) is 2.16. The van der Waals surface area contributed by atoms with E-state index in [0.29, 0.717) is 12.5 Å². The van der Waals surface area contributed by atoms with Gasteiger partial charge >= 0.3 is 0 Å². The van der Waals surface area contributed by atoms with Crippen LogP contribution in [0.15, 0.2) is 18.2 Å². The minimum absolute atomic E-state index is 0.118. The van der Waals surface area contributed by atoms with Crippen molar-refractivity contribution < 1.29 is 4.74 Å². The molecule has 0 aromatic heterocycles. The molecule has 1 aromatic rings. The molecule has 2 atom stereocenters. The van der Waals surface area contributed by atoms with Gasteiger partial charge < -0.3 is 10.5 Å². The average molecular weight is 191 g/mol. The van der Waals surface area contributed by atoms with Gasteiger partial charge in [0.05, 0.1) is 13.2 Å². The highest BCUT2D eigenvalue weighted by Crippen LogP contribution is 2.28. The van der Waals surface area contributed by atoms with E-state index in [2.05, 4.69) is 32.0 Å². The van der Waals surface area contributed by atoms with E-state index in [4.69, 9.17) is 10.5 Å². The Morgan fingerprint density at radius 2 is 2.21 bits per heavy atom. The summed E-state index contributed by atoms with van der Waals surface area (Å²) >= 11 is 0. The molecule has 14 heavy (non-hydrogen) atoms. The zero-order valence-corrected chi connectivity index (χ0v) is 8.79. The molecule has 1 heterocycles. The van der Waals surface area contributed by atoms with Crippen molar-refractivity contribution in [1.29, 1.82) is 0 Å². The minimum atomic E-state index is 0.118. The molecule has 0 unspecified atom stereocenters. The largest absolute Gasteiger partial charge is 0.376 e. The number of ether oxygens (including phenoxy) is 1. The second kappa shape index (κ2) is 3.71. The van der Waals surface area contributed by atoms with Crippen LogP contribution in [0.5, 0.6) is 0 Å². The van der Waals surface area contributed by atoms with Crippen molar-refractivity contribution in [2.45, 2.75) is 26.5 Å². The van der Waals surface area contributed by atoms with Crippen molar-refractivity contribution in [2.75, 3.05) is 6.61 Å². The first kappa shape index (κ1) is 9.69. The van der Waals surface area contributed by atoms with Crippen LogP contribution in [0, 0.1) is 12.8 Å². The lowest BCUT2D eigenvalue weighted by atomic mass is 9.92. The Morgan fingerprint density at radius 1 is 1.43 bits per heavy atom. The number of hydrogen-bond donors (Lipinski definition) is 1. The van der Waals surface area contributed by atoms with Crippen LogP contribution in [-0.2, 0) is 11.3 Å². The monoisotopic (exact) mass is 191 g/mol. The maximum atomic E-state index is 6.18. The van der Waals surface area contributed by atoms with E-state index in [0.717, 1.165) is 6.61 Å². The lowest BCUT2D eigenvalue weighted by Crippen LogP contribution is -2.21. The standard InChI is InChI=1S/C12H17NO/c1-8-3-4-10-7-14-6-9(2)12(13)11(10)5-8/h3-5,9,12H,6-7,13H2,1-2H3/t9-,12-/m0/s1. The van der Waals surface area contributed by atoms with Crippen LogP contribution < -0.4 is 5.73 Å². The second-order valence-electron chi connectivity index (χ2n) is 4.22. The number of fused-ring (bicyclic) bond motifs is 1. The Labute approximate surface area is 85.1 Å². The number of rotatable bonds is 0. The lowest BCUT2D eigenvalue weighted by molar-refractivity contribution is 0.0941. The maximum Gasteiger partial charge on any atom is 0.0720 e. The molecule has 1 aliphatic rings. The molecule has 0 amide bonds. The normalized spacial score (nSPS) is 26.8. The first-order valence-corrected chi connectivity index (χ1v) is 5.11. The van der Waals surface area contributed by atoms with Gasteiger partial charge in [-0.05, 0) is 24.0 Å². The third kappa shape index (κ3) is 1.68. The van der Waals surface area contributed by atoms with Crippen LogP contribution in [0.1, 0.15) is 29.7 Å². The number of benzene rings is 1. The van der Waals surface area contributed by atoms with E-state index in [1.165, 1.54) is 16.7 Å². The van der Waals surface area contributed by atoms with Crippen LogP contribution in [0.2, 0.25) is 0 Å². The quantitative estimate of drug-likeness (QED) is 0.682.